The van der Waals surface area contributed by atoms with Crippen LogP contribution < -0.4 is 0 Å². The normalized spacial score (nSPS) is 11.8. The molecule has 6 nitrogen and oxygen atoms in total. The highest BCUT2D eigenvalue weighted by atomic mass is 15.1. The molecule has 0 atom stereocenters. The summed E-state index contributed by atoms with van der Waals surface area (Å²) in [6.07, 6.45) is 0. The summed E-state index contributed by atoms with van der Waals surface area (Å²) in [5.74, 6) is 1.83. The number of aromatic nitrogens is 6. The summed E-state index contributed by atoms with van der Waals surface area (Å²) in [5, 5.41) is 7.19. The smallest absolute Gasteiger partial charge is 0.164 e. The van der Waals surface area contributed by atoms with Gasteiger partial charge in [0, 0.05) is 54.7 Å². The van der Waals surface area contributed by atoms with Gasteiger partial charge in [0.2, 0.25) is 0 Å². The molecule has 14 aromatic rings. The van der Waals surface area contributed by atoms with Gasteiger partial charge in [0.15, 0.2) is 17.5 Å². The second-order valence-electron chi connectivity index (χ2n) is 17.6. The topological polar surface area (TPSA) is 53.5 Å². The number of fused-ring (bicyclic) bond motifs is 9. The molecule has 0 aliphatic rings. The van der Waals surface area contributed by atoms with Gasteiger partial charge < -0.3 is 13.7 Å². The molecule has 0 bridgehead atoms. The molecular formula is C63H40N6. The summed E-state index contributed by atoms with van der Waals surface area (Å²) in [5.41, 5.74) is 14.8. The van der Waals surface area contributed by atoms with Crippen LogP contribution in [0.15, 0.2) is 243 Å². The van der Waals surface area contributed by atoms with Crippen molar-refractivity contribution in [2.24, 2.45) is 0 Å². The minimum atomic E-state index is 0.595. The summed E-state index contributed by atoms with van der Waals surface area (Å²) < 4.78 is 7.37. The Labute approximate surface area is 397 Å². The lowest BCUT2D eigenvalue weighted by molar-refractivity contribution is 1.07. The molecular weight excluding hydrogens is 841 g/mol. The largest absolute Gasteiger partial charge is 0.309 e. The highest BCUT2D eigenvalue weighted by molar-refractivity contribution is 6.19. The molecule has 69 heavy (non-hydrogen) atoms. The Morgan fingerprint density at radius 3 is 1.20 bits per heavy atom. The number of hydrogen-bond acceptors (Lipinski definition) is 3. The van der Waals surface area contributed by atoms with Crippen LogP contribution in [0.2, 0.25) is 0 Å². The maximum atomic E-state index is 5.33. The third kappa shape index (κ3) is 6.09. The molecule has 322 valence electrons. The average molecular weight is 881 g/mol. The summed E-state index contributed by atoms with van der Waals surface area (Å²) >= 11 is 0. The lowest BCUT2D eigenvalue weighted by atomic mass is 9.98. The Bertz CT molecular complexity index is 4130. The highest BCUT2D eigenvalue weighted by Gasteiger charge is 2.25. The number of hydrogen-bond donors (Lipinski definition) is 0. The standard InChI is InChI=1S/C63H40N6/c1-4-20-41(21-5-1)45-39-38-44(40-51(45)63-65-61(42-22-6-2-7-23-42)64-62(66-63)43-24-8-3-9-25-43)67-56-35-19-36-57(68-52-31-14-10-26-46(52)47-27-11-15-32-53(47)68)59(56)50-30-18-37-58(60(50)67)69-54-33-16-12-28-48(54)49-29-13-17-34-55(49)69/h1-40H. The number of benzene rings is 10. The molecule has 6 heteroatoms. The fraction of sp³-hybridized carbons (Fsp3) is 0. The van der Waals surface area contributed by atoms with E-state index in [0.717, 1.165) is 77.7 Å². The maximum Gasteiger partial charge on any atom is 0.164 e. The SMILES string of the molecule is c1ccc(-c2nc(-c3ccccc3)nc(-c3cc(-n4c5cccc(-n6c7ccccc7c7ccccc76)c5c5cccc(-n6c7ccccc7c7ccccc76)c54)ccc3-c3ccccc3)n2)cc1. The van der Waals surface area contributed by atoms with Crippen LogP contribution in [-0.2, 0) is 0 Å². The molecule has 0 radical (unpaired) electrons. The van der Waals surface area contributed by atoms with Crippen LogP contribution in [-0.4, -0.2) is 28.7 Å². The number of rotatable bonds is 7. The van der Waals surface area contributed by atoms with E-state index < -0.39 is 0 Å². The Hall–Kier alpha value is -9.39. The van der Waals surface area contributed by atoms with Crippen LogP contribution in [0.25, 0.3) is 128 Å². The van der Waals surface area contributed by atoms with E-state index in [-0.39, 0.29) is 0 Å². The maximum absolute atomic E-state index is 5.33. The zero-order valence-corrected chi connectivity index (χ0v) is 37.3. The predicted octanol–water partition coefficient (Wildman–Crippen LogP) is 15.8. The van der Waals surface area contributed by atoms with E-state index >= 15 is 0 Å². The van der Waals surface area contributed by atoms with Crippen LogP contribution in [0, 0.1) is 0 Å². The molecule has 0 fully saturated rings. The van der Waals surface area contributed by atoms with Crippen LogP contribution in [0.1, 0.15) is 0 Å². The molecule has 0 aliphatic heterocycles. The first-order valence-corrected chi connectivity index (χ1v) is 23.4. The summed E-state index contributed by atoms with van der Waals surface area (Å²) in [6.45, 7) is 0. The molecule has 10 aromatic carbocycles. The second kappa shape index (κ2) is 15.6. The van der Waals surface area contributed by atoms with Crippen molar-refractivity contribution in [3.8, 4) is 62.4 Å². The van der Waals surface area contributed by atoms with Crippen LogP contribution in [0.3, 0.4) is 0 Å². The van der Waals surface area contributed by atoms with Gasteiger partial charge in [0.25, 0.3) is 0 Å². The van der Waals surface area contributed by atoms with Crippen molar-refractivity contribution in [2.45, 2.75) is 0 Å². The summed E-state index contributed by atoms with van der Waals surface area (Å²) in [7, 11) is 0. The zero-order chi connectivity index (χ0) is 45.4. The second-order valence-corrected chi connectivity index (χ2v) is 17.6. The van der Waals surface area contributed by atoms with Crippen LogP contribution in [0.4, 0.5) is 0 Å². The van der Waals surface area contributed by atoms with Crippen LogP contribution in [0.5, 0.6) is 0 Å². The van der Waals surface area contributed by atoms with Crippen molar-refractivity contribution >= 4 is 65.4 Å². The molecule has 0 N–H and O–H groups in total. The van der Waals surface area contributed by atoms with Gasteiger partial charge >= 0.3 is 0 Å². The van der Waals surface area contributed by atoms with Crippen molar-refractivity contribution in [2.75, 3.05) is 0 Å². The predicted molar refractivity (Wildman–Crippen MR) is 285 cm³/mol. The molecule has 0 unspecified atom stereocenters. The van der Waals surface area contributed by atoms with Crippen LogP contribution >= 0.6 is 0 Å². The van der Waals surface area contributed by atoms with E-state index in [1.54, 1.807) is 0 Å². The lowest BCUT2D eigenvalue weighted by Crippen LogP contribution is -2.03. The fourth-order valence-corrected chi connectivity index (χ4v) is 10.7. The molecule has 4 heterocycles. The number of para-hydroxylation sites is 5. The summed E-state index contributed by atoms with van der Waals surface area (Å²) in [4.78, 5) is 15.7. The van der Waals surface area contributed by atoms with Crippen molar-refractivity contribution < 1.29 is 0 Å². The van der Waals surface area contributed by atoms with E-state index in [1.807, 2.05) is 36.4 Å². The Morgan fingerprint density at radius 1 is 0.261 bits per heavy atom. The van der Waals surface area contributed by atoms with Crippen molar-refractivity contribution in [1.29, 1.82) is 0 Å². The van der Waals surface area contributed by atoms with E-state index in [2.05, 4.69) is 220 Å². The van der Waals surface area contributed by atoms with Crippen molar-refractivity contribution in [3.05, 3.63) is 243 Å². The van der Waals surface area contributed by atoms with Gasteiger partial charge in [-0.15, -0.1) is 0 Å². The molecule has 14 rings (SSSR count). The van der Waals surface area contributed by atoms with E-state index in [0.29, 0.717) is 17.5 Å². The van der Waals surface area contributed by atoms with Gasteiger partial charge in [-0.05, 0) is 65.7 Å². The first-order valence-electron chi connectivity index (χ1n) is 23.4. The quantitative estimate of drug-likeness (QED) is 0.160. The molecule has 0 amide bonds. The lowest BCUT2D eigenvalue weighted by Gasteiger charge is -2.17. The molecule has 0 saturated carbocycles. The Morgan fingerprint density at radius 2 is 0.667 bits per heavy atom. The van der Waals surface area contributed by atoms with Gasteiger partial charge in [-0.3, -0.25) is 0 Å². The molecule has 0 saturated heterocycles. The minimum absolute atomic E-state index is 0.595. The number of nitrogens with zero attached hydrogens (tertiary/aromatic N) is 6. The van der Waals surface area contributed by atoms with E-state index in [1.165, 1.54) is 32.6 Å². The van der Waals surface area contributed by atoms with Crippen molar-refractivity contribution in [3.63, 3.8) is 0 Å². The minimum Gasteiger partial charge on any atom is -0.309 e. The Kier molecular flexibility index (Phi) is 8.79. The first kappa shape index (κ1) is 38.8. The van der Waals surface area contributed by atoms with Gasteiger partial charge in [0.1, 0.15) is 0 Å². The van der Waals surface area contributed by atoms with Crippen molar-refractivity contribution in [1.82, 2.24) is 28.7 Å². The zero-order valence-electron chi connectivity index (χ0n) is 37.3. The first-order chi connectivity index (χ1) is 34.3. The van der Waals surface area contributed by atoms with E-state index in [4.69, 9.17) is 15.0 Å². The third-order valence-electron chi connectivity index (χ3n) is 13.7. The van der Waals surface area contributed by atoms with Gasteiger partial charge in [-0.25, -0.2) is 15.0 Å². The van der Waals surface area contributed by atoms with Gasteiger partial charge in [-0.2, -0.15) is 0 Å². The van der Waals surface area contributed by atoms with E-state index in [9.17, 15) is 0 Å². The fourth-order valence-electron chi connectivity index (χ4n) is 10.7. The van der Waals surface area contributed by atoms with Gasteiger partial charge in [-0.1, -0.05) is 188 Å². The monoisotopic (exact) mass is 880 g/mol. The van der Waals surface area contributed by atoms with Gasteiger partial charge in [0.05, 0.1) is 44.5 Å². The molecule has 4 aromatic heterocycles. The average Bonchev–Trinajstić information content (AvgIpc) is 4.07. The molecule has 0 spiro atoms. The Balaban J connectivity index is 1.12. The summed E-state index contributed by atoms with van der Waals surface area (Å²) in [6, 6.07) is 86.4. The third-order valence-corrected chi connectivity index (χ3v) is 13.7. The molecule has 0 aliphatic carbocycles. The highest BCUT2D eigenvalue weighted by Crippen LogP contribution is 2.44.